The van der Waals surface area contributed by atoms with E-state index in [9.17, 15) is 9.59 Å². The summed E-state index contributed by atoms with van der Waals surface area (Å²) in [5, 5.41) is 1.38. The van der Waals surface area contributed by atoms with Gasteiger partial charge in [-0.2, -0.15) is 0 Å². The number of carbonyl (C=O) groups is 2. The minimum atomic E-state index is -0.379. The Hall–Kier alpha value is -2.73. The molecule has 5 nitrogen and oxygen atoms in total. The zero-order chi connectivity index (χ0) is 23.7. The minimum absolute atomic E-state index is 0.0720. The van der Waals surface area contributed by atoms with E-state index in [0.717, 1.165) is 31.8 Å². The summed E-state index contributed by atoms with van der Waals surface area (Å²) >= 11 is 4.13. The number of nitrogens with two attached hydrogens (primary N) is 1. The maximum Gasteiger partial charge on any atom is 0.279 e. The van der Waals surface area contributed by atoms with Gasteiger partial charge in [0, 0.05) is 35.2 Å². The van der Waals surface area contributed by atoms with Crippen LogP contribution in [0.2, 0.25) is 0 Å². The van der Waals surface area contributed by atoms with E-state index in [2.05, 4.69) is 35.4 Å². The van der Waals surface area contributed by atoms with Crippen LogP contribution in [0.1, 0.15) is 84.1 Å². The summed E-state index contributed by atoms with van der Waals surface area (Å²) in [6.07, 6.45) is 10.2. The number of benzene rings is 2. The Labute approximate surface area is 206 Å². The van der Waals surface area contributed by atoms with Gasteiger partial charge in [0.2, 0.25) is 5.91 Å². The van der Waals surface area contributed by atoms with Crippen molar-refractivity contribution in [2.24, 2.45) is 5.73 Å². The number of amides is 2. The van der Waals surface area contributed by atoms with E-state index in [1.165, 1.54) is 66.2 Å². The molecule has 1 aromatic heterocycles. The molecule has 3 aliphatic rings. The van der Waals surface area contributed by atoms with Gasteiger partial charge in [-0.15, -0.1) is 0 Å². The fourth-order valence-corrected chi connectivity index (χ4v) is 6.38. The van der Waals surface area contributed by atoms with Crippen LogP contribution in [0.15, 0.2) is 48.5 Å². The summed E-state index contributed by atoms with van der Waals surface area (Å²) in [7, 11) is 0. The molecule has 2 N–H and O–H groups in total. The highest BCUT2D eigenvalue weighted by Gasteiger charge is 2.36. The second kappa shape index (κ2) is 9.87. The average Bonchev–Trinajstić information content (AvgIpc) is 3.20. The fraction of sp³-hybridized carbons (Fsp3) is 0.429. The Morgan fingerprint density at radius 1 is 0.912 bits per heavy atom. The lowest BCUT2D eigenvalue weighted by Gasteiger charge is -2.39. The molecule has 6 rings (SSSR count). The molecule has 178 valence electrons. The van der Waals surface area contributed by atoms with E-state index in [1.54, 1.807) is 24.3 Å². The number of hydrogen-bond acceptors (Lipinski definition) is 2. The lowest BCUT2D eigenvalue weighted by molar-refractivity contribution is 0.1000. The quantitative estimate of drug-likeness (QED) is 0.432. The summed E-state index contributed by atoms with van der Waals surface area (Å²) in [5.41, 5.74) is 11.3. The number of aromatic nitrogens is 1. The third kappa shape index (κ3) is 4.36. The molecule has 0 spiro atoms. The van der Waals surface area contributed by atoms with Crippen molar-refractivity contribution >= 4 is 34.7 Å². The third-order valence-electron chi connectivity index (χ3n) is 7.78. The normalized spacial score (nSPS) is 19.8. The Balaban J connectivity index is 0.000000227. The first-order chi connectivity index (χ1) is 16.5. The lowest BCUT2D eigenvalue weighted by Crippen LogP contribution is -2.41. The summed E-state index contributed by atoms with van der Waals surface area (Å²) in [6.45, 7) is 1.69. The fourth-order valence-electron chi connectivity index (χ4n) is 6.14. The zero-order valence-electron chi connectivity index (χ0n) is 19.6. The van der Waals surface area contributed by atoms with Crippen molar-refractivity contribution in [3.8, 4) is 0 Å². The van der Waals surface area contributed by atoms with Crippen molar-refractivity contribution < 1.29 is 9.59 Å². The highest BCUT2D eigenvalue weighted by atomic mass is 32.1. The van der Waals surface area contributed by atoms with Gasteiger partial charge in [0.15, 0.2) is 0 Å². The minimum Gasteiger partial charge on any atom is -0.366 e. The van der Waals surface area contributed by atoms with Gasteiger partial charge >= 0.3 is 0 Å². The predicted molar refractivity (Wildman–Crippen MR) is 139 cm³/mol. The van der Waals surface area contributed by atoms with E-state index in [4.69, 9.17) is 5.73 Å². The number of thiol groups is 1. The van der Waals surface area contributed by atoms with Crippen LogP contribution in [0, 0.1) is 0 Å². The molecule has 1 saturated carbocycles. The van der Waals surface area contributed by atoms with Crippen LogP contribution in [-0.2, 0) is 13.0 Å². The number of hydrogen-bond donors (Lipinski definition) is 2. The molecule has 1 unspecified atom stereocenters. The van der Waals surface area contributed by atoms with Gasteiger partial charge < -0.3 is 15.2 Å². The number of primary amides is 1. The maximum atomic E-state index is 12.0. The summed E-state index contributed by atoms with van der Waals surface area (Å²) in [6, 6.07) is 16.2. The first-order valence-electron chi connectivity index (χ1n) is 12.5. The van der Waals surface area contributed by atoms with Gasteiger partial charge in [0.1, 0.15) is 0 Å². The van der Waals surface area contributed by atoms with E-state index < -0.39 is 0 Å². The molecular formula is C28H33N3O2S. The smallest absolute Gasteiger partial charge is 0.279 e. The van der Waals surface area contributed by atoms with Gasteiger partial charge in [0.25, 0.3) is 5.24 Å². The van der Waals surface area contributed by atoms with Crippen LogP contribution in [-0.4, -0.2) is 27.2 Å². The second-order valence-corrected chi connectivity index (χ2v) is 10.1. The van der Waals surface area contributed by atoms with Crippen molar-refractivity contribution in [1.82, 2.24) is 9.47 Å². The van der Waals surface area contributed by atoms with Crippen molar-refractivity contribution in [3.05, 3.63) is 70.9 Å². The largest absolute Gasteiger partial charge is 0.366 e. The van der Waals surface area contributed by atoms with Gasteiger partial charge in [-0.25, -0.2) is 0 Å². The Morgan fingerprint density at radius 3 is 2.35 bits per heavy atom. The van der Waals surface area contributed by atoms with Crippen molar-refractivity contribution in [2.75, 3.05) is 6.54 Å². The highest BCUT2D eigenvalue weighted by molar-refractivity contribution is 7.96. The van der Waals surface area contributed by atoms with Crippen LogP contribution in [0.3, 0.4) is 0 Å². The number of nitrogens with zero attached hydrogens (tertiary/aromatic N) is 2. The first kappa shape index (κ1) is 23.0. The molecule has 34 heavy (non-hydrogen) atoms. The van der Waals surface area contributed by atoms with Crippen molar-refractivity contribution in [1.29, 1.82) is 0 Å². The number of aryl methyl sites for hydroxylation is 1. The maximum absolute atomic E-state index is 12.0. The Morgan fingerprint density at radius 2 is 1.68 bits per heavy atom. The molecule has 2 aliphatic carbocycles. The van der Waals surface area contributed by atoms with Gasteiger partial charge in [0.05, 0.1) is 6.04 Å². The molecule has 2 aromatic carbocycles. The summed E-state index contributed by atoms with van der Waals surface area (Å²) < 4.78 is 2.49. The van der Waals surface area contributed by atoms with Crippen LogP contribution < -0.4 is 5.73 Å². The third-order valence-corrected chi connectivity index (χ3v) is 8.03. The van der Waals surface area contributed by atoms with Gasteiger partial charge in [-0.1, -0.05) is 56.2 Å². The number of fused-ring (bicyclic) bond motifs is 3. The zero-order valence-corrected chi connectivity index (χ0v) is 20.5. The van der Waals surface area contributed by atoms with Gasteiger partial charge in [-0.05, 0) is 73.4 Å². The second-order valence-electron chi connectivity index (χ2n) is 9.74. The standard InChI is InChI=1S/C21H26N2OS.C7H7NO/c24-21(25)23-12-11-22-18-10-9-15(14-5-2-1-3-6-14)13-17(18)16-7-4-8-19(23)20(16)22;8-7(9)6-4-2-1-3-5-6/h9-10,13-14,19H,1-8,11-12H2,(H,24,25);1-5H,(H2,8,9). The first-order valence-corrected chi connectivity index (χ1v) is 13.0. The number of rotatable bonds is 2. The topological polar surface area (TPSA) is 68.3 Å². The summed E-state index contributed by atoms with van der Waals surface area (Å²) in [5.74, 6) is 0.368. The molecule has 3 aromatic rings. The predicted octanol–water partition coefficient (Wildman–Crippen LogP) is 6.22. The van der Waals surface area contributed by atoms with E-state index >= 15 is 0 Å². The van der Waals surface area contributed by atoms with Crippen LogP contribution in [0.4, 0.5) is 4.79 Å². The molecule has 1 aliphatic heterocycles. The van der Waals surface area contributed by atoms with Crippen LogP contribution in [0.5, 0.6) is 0 Å². The van der Waals surface area contributed by atoms with Crippen molar-refractivity contribution in [2.45, 2.75) is 69.9 Å². The number of carbonyl (C=O) groups excluding carboxylic acids is 2. The molecule has 1 atom stereocenters. The highest BCUT2D eigenvalue weighted by Crippen LogP contribution is 2.44. The van der Waals surface area contributed by atoms with Crippen LogP contribution in [0.25, 0.3) is 10.9 Å². The average molecular weight is 476 g/mol. The van der Waals surface area contributed by atoms with E-state index in [0.29, 0.717) is 5.56 Å². The van der Waals surface area contributed by atoms with Crippen molar-refractivity contribution in [3.63, 3.8) is 0 Å². The SMILES string of the molecule is NC(=O)c1ccccc1.O=C(S)N1CCn2c3c(c4cc(C5CCCCC5)ccc42)CCCC31. The Bertz CT molecular complexity index is 1200. The molecule has 0 radical (unpaired) electrons. The van der Waals surface area contributed by atoms with Gasteiger partial charge in [-0.3, -0.25) is 9.59 Å². The molecule has 6 heteroatoms. The lowest BCUT2D eigenvalue weighted by atomic mass is 9.83. The molecule has 1 fully saturated rings. The molecule has 2 amide bonds. The van der Waals surface area contributed by atoms with Crippen LogP contribution >= 0.6 is 12.6 Å². The Kier molecular flexibility index (Phi) is 6.68. The molecular weight excluding hydrogens is 442 g/mol. The summed E-state index contributed by atoms with van der Waals surface area (Å²) in [4.78, 5) is 24.4. The van der Waals surface area contributed by atoms with E-state index in [1.807, 2.05) is 11.0 Å². The monoisotopic (exact) mass is 475 g/mol. The molecule has 0 saturated heterocycles. The molecule has 2 heterocycles. The van der Waals surface area contributed by atoms with E-state index in [-0.39, 0.29) is 17.2 Å². The molecule has 0 bridgehead atoms.